The first kappa shape index (κ1) is 34.1. The minimum Gasteiger partial charge on any atom is -0.477 e. The number of ether oxygens (including phenoxy) is 2. The van der Waals surface area contributed by atoms with Crippen LogP contribution in [0.25, 0.3) is 0 Å². The first-order valence-electron chi connectivity index (χ1n) is 12.4. The number of anilines is 1. The fourth-order valence-corrected chi connectivity index (χ4v) is 5.54. The molecule has 0 aromatic carbocycles. The molecule has 0 aliphatic carbocycles. The Morgan fingerprint density at radius 2 is 1.93 bits per heavy atom. The van der Waals surface area contributed by atoms with Gasteiger partial charge >= 0.3 is 19.5 Å². The molecule has 12 N–H and O–H groups in total. The van der Waals surface area contributed by atoms with Crippen molar-refractivity contribution < 1.29 is 73.3 Å². The van der Waals surface area contributed by atoms with Gasteiger partial charge in [-0.25, -0.2) is 18.7 Å². The number of nitrogens with zero attached hydrogens (tertiary/aromatic N) is 2. The summed E-state index contributed by atoms with van der Waals surface area (Å²) in [5.74, 6) is -7.46. The highest BCUT2D eigenvalue weighted by Crippen LogP contribution is 2.52. The topological polar surface area (TPSA) is 337 Å². The van der Waals surface area contributed by atoms with Crippen molar-refractivity contribution in [2.75, 3.05) is 25.5 Å². The van der Waals surface area contributed by atoms with Crippen molar-refractivity contribution >= 4 is 25.4 Å². The SMILES string of the molecule is NCC(=O)C[C@H]1C([C@H](O)[C@H](O)CO)O[C@](OP(=O)(O)OC[C@H]2O[C@@H](n3ccc(N)nc3=O)C(O)[C@H]2O)(C(=O)O)C[C@H]1O. The molecule has 0 bridgehead atoms. The third-order valence-electron chi connectivity index (χ3n) is 6.78. The fraction of sp³-hybridized carbons (Fsp3) is 0.714. The van der Waals surface area contributed by atoms with Gasteiger partial charge in [0.15, 0.2) is 6.23 Å². The second-order valence-electron chi connectivity index (χ2n) is 9.71. The number of aliphatic hydroxyl groups excluding tert-OH is 6. The summed E-state index contributed by atoms with van der Waals surface area (Å²) >= 11 is 0. The van der Waals surface area contributed by atoms with E-state index < -0.39 is 119 Å². The van der Waals surface area contributed by atoms with Crippen molar-refractivity contribution in [3.63, 3.8) is 0 Å². The number of rotatable bonds is 13. The van der Waals surface area contributed by atoms with E-state index in [1.54, 1.807) is 0 Å². The summed E-state index contributed by atoms with van der Waals surface area (Å²) in [5, 5.41) is 70.9. The number of carbonyl (C=O) groups excluding carboxylic acids is 1. The maximum Gasteiger partial charge on any atom is 0.475 e. The number of phosphoric acid groups is 1. The van der Waals surface area contributed by atoms with Gasteiger partial charge in [-0.05, 0) is 6.07 Å². The van der Waals surface area contributed by atoms with E-state index in [-0.39, 0.29) is 5.82 Å². The molecule has 0 amide bonds. The van der Waals surface area contributed by atoms with E-state index in [0.29, 0.717) is 0 Å². The maximum absolute atomic E-state index is 12.8. The lowest BCUT2D eigenvalue weighted by atomic mass is 9.80. The summed E-state index contributed by atoms with van der Waals surface area (Å²) in [6.07, 6.45) is -15.0. The number of Topliss-reactive ketones (excluding diaryl/α,β-unsaturated/α-hetero) is 1. The van der Waals surface area contributed by atoms with Crippen LogP contribution >= 0.6 is 7.82 Å². The monoisotopic (exact) mass is 628 g/mol. The number of nitrogens with two attached hydrogens (primary N) is 2. The maximum atomic E-state index is 12.8. The van der Waals surface area contributed by atoms with E-state index in [0.717, 1.165) is 10.8 Å². The molecule has 2 aliphatic heterocycles. The zero-order valence-electron chi connectivity index (χ0n) is 21.7. The number of hydrogen-bond donors (Lipinski definition) is 10. The quantitative estimate of drug-likeness (QED) is 0.0912. The molecule has 20 nitrogen and oxygen atoms in total. The predicted octanol–water partition coefficient (Wildman–Crippen LogP) is -5.24. The van der Waals surface area contributed by atoms with Gasteiger partial charge in [-0.1, -0.05) is 0 Å². The number of nitrogen functional groups attached to an aromatic ring is 1. The summed E-state index contributed by atoms with van der Waals surface area (Å²) in [6.45, 7) is -2.56. The summed E-state index contributed by atoms with van der Waals surface area (Å²) in [6, 6.07) is 1.20. The lowest BCUT2D eigenvalue weighted by Crippen LogP contribution is -2.62. The molecule has 1 aromatic heterocycles. The largest absolute Gasteiger partial charge is 0.477 e. The minimum atomic E-state index is -5.52. The molecular formula is C21H33N4O16P. The van der Waals surface area contributed by atoms with Crippen molar-refractivity contribution in [1.82, 2.24) is 9.55 Å². The van der Waals surface area contributed by atoms with Gasteiger partial charge in [0, 0.05) is 25.0 Å². The highest BCUT2D eigenvalue weighted by atomic mass is 31.2. The van der Waals surface area contributed by atoms with Crippen molar-refractivity contribution in [3.05, 3.63) is 22.7 Å². The lowest BCUT2D eigenvalue weighted by Gasteiger charge is -2.46. The van der Waals surface area contributed by atoms with Gasteiger partial charge in [0.25, 0.3) is 5.79 Å². The Bertz CT molecular complexity index is 1230. The third kappa shape index (κ3) is 7.37. The van der Waals surface area contributed by atoms with Crippen LogP contribution in [0.4, 0.5) is 5.82 Å². The van der Waals surface area contributed by atoms with Crippen molar-refractivity contribution in [2.45, 2.75) is 67.6 Å². The van der Waals surface area contributed by atoms with Gasteiger partial charge in [0.05, 0.1) is 32.0 Å². The Morgan fingerprint density at radius 3 is 2.50 bits per heavy atom. The molecule has 1 aromatic rings. The van der Waals surface area contributed by atoms with E-state index >= 15 is 0 Å². The molecule has 2 saturated heterocycles. The van der Waals surface area contributed by atoms with Crippen LogP contribution in [0.5, 0.6) is 0 Å². The first-order valence-corrected chi connectivity index (χ1v) is 13.9. The van der Waals surface area contributed by atoms with E-state index in [4.69, 9.17) is 30.0 Å². The average Bonchev–Trinajstić information content (AvgIpc) is 3.20. The Morgan fingerprint density at radius 1 is 1.26 bits per heavy atom. The molecule has 21 heteroatoms. The number of phosphoric ester groups is 1. The normalized spacial score (nSPS) is 34.4. The first-order chi connectivity index (χ1) is 19.6. The van der Waals surface area contributed by atoms with Gasteiger partial charge in [-0.3, -0.25) is 13.9 Å². The molecule has 3 unspecified atom stereocenters. The highest BCUT2D eigenvalue weighted by Gasteiger charge is 2.58. The number of aliphatic carboxylic acids is 1. The van der Waals surface area contributed by atoms with Gasteiger partial charge < -0.3 is 61.6 Å². The lowest BCUT2D eigenvalue weighted by molar-refractivity contribution is -0.298. The second kappa shape index (κ2) is 13.5. The number of hydrogen-bond acceptors (Lipinski definition) is 17. The van der Waals surface area contributed by atoms with Crippen LogP contribution in [0, 0.1) is 5.92 Å². The van der Waals surface area contributed by atoms with Crippen LogP contribution < -0.4 is 17.2 Å². The van der Waals surface area contributed by atoms with Gasteiger partial charge in [0.2, 0.25) is 0 Å². The molecule has 0 radical (unpaired) electrons. The highest BCUT2D eigenvalue weighted by molar-refractivity contribution is 7.47. The van der Waals surface area contributed by atoms with Crippen LogP contribution in [-0.2, 0) is 32.7 Å². The number of carboxylic acid groups (broad SMARTS) is 1. The van der Waals surface area contributed by atoms with Crippen LogP contribution in [0.3, 0.4) is 0 Å². The van der Waals surface area contributed by atoms with Gasteiger partial charge in [-0.2, -0.15) is 4.98 Å². The molecule has 11 atom stereocenters. The van der Waals surface area contributed by atoms with Crippen molar-refractivity contribution in [2.24, 2.45) is 11.7 Å². The Kier molecular flexibility index (Phi) is 10.9. The molecule has 42 heavy (non-hydrogen) atoms. The zero-order valence-corrected chi connectivity index (χ0v) is 22.6. The predicted molar refractivity (Wildman–Crippen MR) is 133 cm³/mol. The second-order valence-corrected chi connectivity index (χ2v) is 11.1. The smallest absolute Gasteiger partial charge is 0.475 e. The number of aliphatic hydroxyl groups is 6. The summed E-state index contributed by atoms with van der Waals surface area (Å²) in [5.41, 5.74) is 9.75. The Balaban J connectivity index is 1.79. The Hall–Kier alpha value is -2.43. The summed E-state index contributed by atoms with van der Waals surface area (Å²) in [4.78, 5) is 50.1. The molecule has 0 spiro atoms. The fourth-order valence-electron chi connectivity index (χ4n) is 4.58. The van der Waals surface area contributed by atoms with Crippen molar-refractivity contribution in [3.8, 4) is 0 Å². The van der Waals surface area contributed by atoms with E-state index in [1.165, 1.54) is 6.07 Å². The minimum absolute atomic E-state index is 0.136. The van der Waals surface area contributed by atoms with E-state index in [9.17, 15) is 59.6 Å². The van der Waals surface area contributed by atoms with Crippen LogP contribution in [0.1, 0.15) is 19.1 Å². The number of ketones is 1. The van der Waals surface area contributed by atoms with Gasteiger partial charge in [0.1, 0.15) is 42.1 Å². The molecule has 0 saturated carbocycles. The van der Waals surface area contributed by atoms with Crippen LogP contribution in [-0.4, -0.2) is 130 Å². The number of carbonyl (C=O) groups is 2. The van der Waals surface area contributed by atoms with Crippen molar-refractivity contribution in [1.29, 1.82) is 0 Å². The zero-order chi connectivity index (χ0) is 31.6. The third-order valence-corrected chi connectivity index (χ3v) is 7.78. The summed E-state index contributed by atoms with van der Waals surface area (Å²) < 4.78 is 33.9. The van der Waals surface area contributed by atoms with Crippen LogP contribution in [0.2, 0.25) is 0 Å². The molecule has 3 heterocycles. The van der Waals surface area contributed by atoms with E-state index in [2.05, 4.69) is 4.98 Å². The number of carboxylic acids is 1. The number of aromatic nitrogens is 2. The molecule has 3 rings (SSSR count). The van der Waals surface area contributed by atoms with Crippen LogP contribution in [0.15, 0.2) is 17.1 Å². The van der Waals surface area contributed by atoms with E-state index in [1.807, 2.05) is 0 Å². The average molecular weight is 628 g/mol. The molecule has 2 fully saturated rings. The standard InChI is InChI=1S/C21H33N4O16P/c22-5-8(27)3-9-10(28)4-21(19(33)34,40-17(9)14(30)11(29)6-26)41-42(36,37)38-7-12-15(31)16(32)18(39-12)25-2-1-13(23)24-20(25)35/h1-2,9-12,14-18,26,28-32H,3-7,22H2,(H,33,34)(H,36,37)(H2,23,24,35)/t9-,10-,11-,12-,14-,15+,16?,17?,18-,21-/m1/s1. The molecular weight excluding hydrogens is 595 g/mol. The molecule has 238 valence electrons. The summed E-state index contributed by atoms with van der Waals surface area (Å²) in [7, 11) is -5.52. The van der Waals surface area contributed by atoms with Gasteiger partial charge in [-0.15, -0.1) is 0 Å². The molecule has 2 aliphatic rings. The Labute approximate surface area is 236 Å².